The molecule has 1 saturated heterocycles. The summed E-state index contributed by atoms with van der Waals surface area (Å²) in [6.45, 7) is 7.93. The lowest BCUT2D eigenvalue weighted by Gasteiger charge is -2.37. The van der Waals surface area contributed by atoms with Crippen LogP contribution in [-0.2, 0) is 0 Å². The van der Waals surface area contributed by atoms with Gasteiger partial charge in [-0.1, -0.05) is 0 Å². The summed E-state index contributed by atoms with van der Waals surface area (Å²) in [4.78, 5) is 16.3. The molecule has 0 spiro atoms. The normalized spacial score (nSPS) is 25.8. The first-order valence-corrected chi connectivity index (χ1v) is 6.50. The van der Waals surface area contributed by atoms with Gasteiger partial charge in [-0.25, -0.2) is 0 Å². The molecule has 2 unspecified atom stereocenters. The number of amides is 1. The Kier molecular flexibility index (Phi) is 3.30. The molecule has 4 heteroatoms. The highest BCUT2D eigenvalue weighted by atomic mass is 32.1. The quantitative estimate of drug-likeness (QED) is 0.810. The highest BCUT2D eigenvalue weighted by Gasteiger charge is 2.27. The number of piperazine rings is 1. The zero-order chi connectivity index (χ0) is 11.7. The van der Waals surface area contributed by atoms with Gasteiger partial charge in [0.15, 0.2) is 0 Å². The van der Waals surface area contributed by atoms with Gasteiger partial charge in [-0.3, -0.25) is 4.79 Å². The number of thiophene rings is 1. The minimum atomic E-state index is 0.180. The maximum atomic E-state index is 12.3. The van der Waals surface area contributed by atoms with Crippen molar-refractivity contribution >= 4 is 17.2 Å². The van der Waals surface area contributed by atoms with Gasteiger partial charge in [0.2, 0.25) is 0 Å². The molecule has 0 bridgehead atoms. The van der Waals surface area contributed by atoms with Crippen LogP contribution >= 0.6 is 11.3 Å². The Bertz CT molecular complexity index is 388. The van der Waals surface area contributed by atoms with E-state index in [0.29, 0.717) is 6.04 Å². The number of rotatable bonds is 1. The van der Waals surface area contributed by atoms with Crippen LogP contribution in [0.25, 0.3) is 0 Å². The van der Waals surface area contributed by atoms with Crippen molar-refractivity contribution in [1.29, 1.82) is 0 Å². The molecule has 1 fully saturated rings. The maximum Gasteiger partial charge on any atom is 0.264 e. The van der Waals surface area contributed by atoms with Crippen LogP contribution in [0.1, 0.15) is 28.4 Å². The lowest BCUT2D eigenvalue weighted by molar-refractivity contribution is 0.0621. The topological polar surface area (TPSA) is 32.3 Å². The Hall–Kier alpha value is -0.870. The molecule has 0 aromatic carbocycles. The van der Waals surface area contributed by atoms with E-state index < -0.39 is 0 Å². The van der Waals surface area contributed by atoms with Crippen molar-refractivity contribution in [3.63, 3.8) is 0 Å². The number of carbonyl (C=O) groups excluding carboxylic acids is 1. The van der Waals surface area contributed by atoms with Crippen molar-refractivity contribution in [1.82, 2.24) is 10.2 Å². The van der Waals surface area contributed by atoms with E-state index >= 15 is 0 Å². The highest BCUT2D eigenvalue weighted by molar-refractivity contribution is 7.13. The molecule has 1 amide bonds. The van der Waals surface area contributed by atoms with E-state index in [-0.39, 0.29) is 11.9 Å². The van der Waals surface area contributed by atoms with Crippen LogP contribution < -0.4 is 5.32 Å². The first-order chi connectivity index (χ1) is 7.58. The fourth-order valence-electron chi connectivity index (χ4n) is 2.00. The first kappa shape index (κ1) is 11.6. The summed E-state index contributed by atoms with van der Waals surface area (Å²) in [7, 11) is 0. The fraction of sp³-hybridized carbons (Fsp3) is 0.583. The molecule has 3 nitrogen and oxygen atoms in total. The maximum absolute atomic E-state index is 12.3. The average molecular weight is 238 g/mol. The van der Waals surface area contributed by atoms with E-state index in [2.05, 4.69) is 19.2 Å². The second-order valence-electron chi connectivity index (χ2n) is 4.53. The second kappa shape index (κ2) is 4.55. The lowest BCUT2D eigenvalue weighted by Crippen LogP contribution is -2.56. The van der Waals surface area contributed by atoms with Crippen molar-refractivity contribution in [2.45, 2.75) is 32.9 Å². The molecular formula is C12H18N2OS. The molecule has 1 aliphatic rings. The van der Waals surface area contributed by atoms with Crippen molar-refractivity contribution in [2.24, 2.45) is 0 Å². The molecular weight excluding hydrogens is 220 g/mol. The number of nitrogens with zero attached hydrogens (tertiary/aromatic N) is 1. The minimum absolute atomic E-state index is 0.180. The first-order valence-electron chi connectivity index (χ1n) is 5.68. The molecule has 1 N–H and O–H groups in total. The van der Waals surface area contributed by atoms with Crippen LogP contribution in [-0.4, -0.2) is 36.0 Å². The predicted octanol–water partition coefficient (Wildman–Crippen LogP) is 1.88. The van der Waals surface area contributed by atoms with Crippen molar-refractivity contribution in [2.75, 3.05) is 13.1 Å². The summed E-state index contributed by atoms with van der Waals surface area (Å²) in [5.41, 5.74) is 0. The summed E-state index contributed by atoms with van der Waals surface area (Å²) in [6, 6.07) is 4.61. The van der Waals surface area contributed by atoms with Crippen LogP contribution in [0, 0.1) is 6.92 Å². The lowest BCUT2D eigenvalue weighted by atomic mass is 10.1. The molecule has 2 rings (SSSR count). The molecule has 88 valence electrons. The molecule has 1 aliphatic heterocycles. The number of nitrogens with one attached hydrogen (secondary N) is 1. The summed E-state index contributed by atoms with van der Waals surface area (Å²) in [5.74, 6) is 0.180. The van der Waals surface area contributed by atoms with Gasteiger partial charge >= 0.3 is 0 Å². The zero-order valence-electron chi connectivity index (χ0n) is 9.99. The van der Waals surface area contributed by atoms with E-state index in [4.69, 9.17) is 0 Å². The van der Waals surface area contributed by atoms with E-state index in [9.17, 15) is 4.79 Å². The molecule has 2 atom stereocenters. The predicted molar refractivity (Wildman–Crippen MR) is 67.0 cm³/mol. The Morgan fingerprint density at radius 3 is 2.88 bits per heavy atom. The Balaban J connectivity index is 2.14. The summed E-state index contributed by atoms with van der Waals surface area (Å²) in [5, 5.41) is 3.38. The van der Waals surface area contributed by atoms with Gasteiger partial charge in [0.1, 0.15) is 0 Å². The largest absolute Gasteiger partial charge is 0.332 e. The van der Waals surface area contributed by atoms with Gasteiger partial charge in [0.05, 0.1) is 4.88 Å². The van der Waals surface area contributed by atoms with Crippen molar-refractivity contribution in [3.05, 3.63) is 21.9 Å². The molecule has 1 aromatic rings. The highest BCUT2D eigenvalue weighted by Crippen LogP contribution is 2.19. The van der Waals surface area contributed by atoms with Gasteiger partial charge in [-0.15, -0.1) is 11.3 Å². The molecule has 0 radical (unpaired) electrons. The van der Waals surface area contributed by atoms with E-state index in [0.717, 1.165) is 18.0 Å². The average Bonchev–Trinajstić information content (AvgIpc) is 2.67. The fourth-order valence-corrected chi connectivity index (χ4v) is 2.82. The molecule has 1 aromatic heterocycles. The third-order valence-electron chi connectivity index (χ3n) is 2.98. The third kappa shape index (κ3) is 2.28. The summed E-state index contributed by atoms with van der Waals surface area (Å²) >= 11 is 1.58. The smallest absolute Gasteiger partial charge is 0.264 e. The van der Waals surface area contributed by atoms with Crippen molar-refractivity contribution < 1.29 is 4.79 Å². The van der Waals surface area contributed by atoms with Crippen LogP contribution in [0.4, 0.5) is 0 Å². The van der Waals surface area contributed by atoms with Gasteiger partial charge in [0.25, 0.3) is 5.91 Å². The van der Waals surface area contributed by atoms with Gasteiger partial charge in [-0.2, -0.15) is 0 Å². The SMILES string of the molecule is Cc1ccc(C(=O)N2CC(C)NCC2C)s1. The molecule has 2 heterocycles. The molecule has 0 aliphatic carbocycles. The number of hydrogen-bond acceptors (Lipinski definition) is 3. The monoisotopic (exact) mass is 238 g/mol. The Morgan fingerprint density at radius 2 is 2.25 bits per heavy atom. The van der Waals surface area contributed by atoms with Crippen LogP contribution in [0.3, 0.4) is 0 Å². The second-order valence-corrected chi connectivity index (χ2v) is 5.81. The standard InChI is InChI=1S/C12H18N2OS/c1-8-7-14(9(2)6-13-8)12(15)11-5-4-10(3)16-11/h4-5,8-9,13H,6-7H2,1-3H3. The summed E-state index contributed by atoms with van der Waals surface area (Å²) < 4.78 is 0. The molecule has 0 saturated carbocycles. The van der Waals surface area contributed by atoms with Crippen molar-refractivity contribution in [3.8, 4) is 0 Å². The Morgan fingerprint density at radius 1 is 1.50 bits per heavy atom. The summed E-state index contributed by atoms with van der Waals surface area (Å²) in [6.07, 6.45) is 0. The zero-order valence-corrected chi connectivity index (χ0v) is 10.8. The van der Waals surface area contributed by atoms with Crippen LogP contribution in [0.2, 0.25) is 0 Å². The third-order valence-corrected chi connectivity index (χ3v) is 3.97. The van der Waals surface area contributed by atoms with E-state index in [1.165, 1.54) is 4.88 Å². The molecule has 16 heavy (non-hydrogen) atoms. The minimum Gasteiger partial charge on any atom is -0.332 e. The van der Waals surface area contributed by atoms with Crippen LogP contribution in [0.5, 0.6) is 0 Å². The van der Waals surface area contributed by atoms with E-state index in [1.54, 1.807) is 11.3 Å². The Labute approximate surface area is 100 Å². The van der Waals surface area contributed by atoms with Gasteiger partial charge < -0.3 is 10.2 Å². The van der Waals surface area contributed by atoms with Gasteiger partial charge in [0, 0.05) is 30.1 Å². The number of aryl methyl sites for hydroxylation is 1. The van der Waals surface area contributed by atoms with Crippen LogP contribution in [0.15, 0.2) is 12.1 Å². The number of hydrogen-bond donors (Lipinski definition) is 1. The van der Waals surface area contributed by atoms with E-state index in [1.807, 2.05) is 24.0 Å². The van der Waals surface area contributed by atoms with Gasteiger partial charge in [-0.05, 0) is 32.9 Å². The number of carbonyl (C=O) groups is 1.